The Morgan fingerprint density at radius 1 is 1.21 bits per heavy atom. The summed E-state index contributed by atoms with van der Waals surface area (Å²) in [6.07, 6.45) is -0.991. The molecule has 3 rings (SSSR count). The maximum Gasteiger partial charge on any atom is 0.417 e. The van der Waals surface area contributed by atoms with Crippen molar-refractivity contribution in [1.82, 2.24) is 9.97 Å². The first-order valence-electron chi connectivity index (χ1n) is 8.21. The molecule has 0 amide bonds. The summed E-state index contributed by atoms with van der Waals surface area (Å²) in [6.45, 7) is 4.09. The van der Waals surface area contributed by atoms with Crippen molar-refractivity contribution in [3.05, 3.63) is 94.7 Å². The van der Waals surface area contributed by atoms with Crippen LogP contribution >= 0.6 is 0 Å². The highest BCUT2D eigenvalue weighted by atomic mass is 19.4. The van der Waals surface area contributed by atoms with Crippen molar-refractivity contribution in [1.29, 1.82) is 0 Å². The van der Waals surface area contributed by atoms with Gasteiger partial charge in [0.1, 0.15) is 18.0 Å². The lowest BCUT2D eigenvalue weighted by molar-refractivity contribution is -0.137. The quantitative estimate of drug-likeness (QED) is 0.656. The highest BCUT2D eigenvalue weighted by Gasteiger charge is 2.31. The number of halogens is 3. The molecule has 1 aromatic carbocycles. The number of hydrogen-bond donors (Lipinski definition) is 2. The van der Waals surface area contributed by atoms with Gasteiger partial charge < -0.3 is 15.0 Å². The maximum atomic E-state index is 12.9. The number of nitrogens with zero attached hydrogens (tertiary/aromatic N) is 1. The Kier molecular flexibility index (Phi) is 5.49. The van der Waals surface area contributed by atoms with E-state index in [-0.39, 0.29) is 18.0 Å². The van der Waals surface area contributed by atoms with Crippen LogP contribution in [-0.2, 0) is 12.8 Å². The lowest BCUT2D eigenvalue weighted by atomic mass is 10.1. The summed E-state index contributed by atoms with van der Waals surface area (Å²) in [6, 6.07) is 11.8. The largest absolute Gasteiger partial charge is 0.487 e. The molecule has 3 aromatic rings. The molecule has 144 valence electrons. The number of nitrogens with one attached hydrogen (secondary N) is 2. The van der Waals surface area contributed by atoms with Gasteiger partial charge in [-0.3, -0.25) is 9.78 Å². The summed E-state index contributed by atoms with van der Waals surface area (Å²) >= 11 is 0. The molecule has 0 saturated carbocycles. The first-order valence-corrected chi connectivity index (χ1v) is 8.21. The summed E-state index contributed by atoms with van der Waals surface area (Å²) in [5.74, 6) is 0.382. The van der Waals surface area contributed by atoms with E-state index in [2.05, 4.69) is 21.9 Å². The van der Waals surface area contributed by atoms with Crippen LogP contribution in [0.1, 0.15) is 16.7 Å². The van der Waals surface area contributed by atoms with E-state index >= 15 is 0 Å². The zero-order valence-corrected chi connectivity index (χ0v) is 14.6. The molecular weight excluding hydrogens is 371 g/mol. The Morgan fingerprint density at radius 2 is 1.96 bits per heavy atom. The lowest BCUT2D eigenvalue weighted by Gasteiger charge is -2.15. The number of alkyl halides is 3. The molecule has 2 aromatic heterocycles. The van der Waals surface area contributed by atoms with Gasteiger partial charge in [0.05, 0.1) is 11.8 Å². The molecule has 0 saturated heterocycles. The Hall–Kier alpha value is -3.55. The van der Waals surface area contributed by atoms with Gasteiger partial charge in [-0.15, -0.1) is 0 Å². The van der Waals surface area contributed by atoms with Crippen LogP contribution in [0.4, 0.5) is 18.9 Å². The van der Waals surface area contributed by atoms with Crippen molar-refractivity contribution in [3.8, 4) is 5.75 Å². The molecule has 0 bridgehead atoms. The van der Waals surface area contributed by atoms with Crippen LogP contribution in [0.5, 0.6) is 5.75 Å². The predicted octanol–water partition coefficient (Wildman–Crippen LogP) is 4.45. The molecule has 5 nitrogen and oxygen atoms in total. The second-order valence-corrected chi connectivity index (χ2v) is 5.88. The monoisotopic (exact) mass is 387 g/mol. The average molecular weight is 387 g/mol. The van der Waals surface area contributed by atoms with Crippen molar-refractivity contribution in [2.75, 3.05) is 5.32 Å². The van der Waals surface area contributed by atoms with Gasteiger partial charge in [-0.2, -0.15) is 13.2 Å². The van der Waals surface area contributed by atoms with Gasteiger partial charge in [0.25, 0.3) is 5.56 Å². The molecule has 0 fully saturated rings. The summed E-state index contributed by atoms with van der Waals surface area (Å²) in [5, 5.41) is 2.63. The molecule has 28 heavy (non-hydrogen) atoms. The summed E-state index contributed by atoms with van der Waals surface area (Å²) in [5.41, 5.74) is -0.332. The summed E-state index contributed by atoms with van der Waals surface area (Å²) in [4.78, 5) is 18.0. The van der Waals surface area contributed by atoms with Gasteiger partial charge in [0.15, 0.2) is 0 Å². The number of H-pyrrole nitrogens is 1. The van der Waals surface area contributed by atoms with Crippen LogP contribution in [0.25, 0.3) is 5.70 Å². The number of aromatic amines is 1. The predicted molar refractivity (Wildman–Crippen MR) is 99.7 cm³/mol. The van der Waals surface area contributed by atoms with Crippen LogP contribution in [0.15, 0.2) is 72.4 Å². The molecule has 0 spiro atoms. The molecule has 8 heteroatoms. The van der Waals surface area contributed by atoms with Crippen molar-refractivity contribution in [2.24, 2.45) is 0 Å². The van der Waals surface area contributed by atoms with Crippen LogP contribution in [0, 0.1) is 0 Å². The van der Waals surface area contributed by atoms with Crippen LogP contribution in [0.2, 0.25) is 0 Å². The van der Waals surface area contributed by atoms with Crippen molar-refractivity contribution in [2.45, 2.75) is 12.8 Å². The van der Waals surface area contributed by atoms with Crippen molar-refractivity contribution >= 4 is 11.4 Å². The zero-order valence-electron chi connectivity index (χ0n) is 14.6. The number of ether oxygens (including phenoxy) is 1. The first kappa shape index (κ1) is 19.2. The van der Waals surface area contributed by atoms with E-state index in [9.17, 15) is 18.0 Å². The second kappa shape index (κ2) is 7.99. The van der Waals surface area contributed by atoms with Crippen LogP contribution in [0.3, 0.4) is 0 Å². The van der Waals surface area contributed by atoms with E-state index in [0.717, 1.165) is 11.6 Å². The fraction of sp³-hybridized carbons (Fsp3) is 0.100. The smallest absolute Gasteiger partial charge is 0.417 e. The molecule has 0 atom stereocenters. The summed E-state index contributed by atoms with van der Waals surface area (Å²) < 4.78 is 44.4. The number of aromatic nitrogens is 2. The molecule has 0 radical (unpaired) electrons. The van der Waals surface area contributed by atoms with Crippen molar-refractivity contribution in [3.63, 3.8) is 0 Å². The third kappa shape index (κ3) is 4.59. The fourth-order valence-corrected chi connectivity index (χ4v) is 2.45. The average Bonchev–Trinajstić information content (AvgIpc) is 2.68. The Labute approximate surface area is 158 Å². The third-order valence-electron chi connectivity index (χ3n) is 3.86. The molecular formula is C20H16F3N3O2. The number of pyridine rings is 2. The van der Waals surface area contributed by atoms with E-state index in [0.29, 0.717) is 17.5 Å². The number of anilines is 1. The number of benzene rings is 1. The van der Waals surface area contributed by atoms with Gasteiger partial charge >= 0.3 is 6.18 Å². The minimum absolute atomic E-state index is 0.204. The third-order valence-corrected chi connectivity index (χ3v) is 3.86. The minimum atomic E-state index is -4.58. The molecule has 0 aliphatic rings. The molecule has 0 unspecified atom stereocenters. The number of rotatable bonds is 6. The van der Waals surface area contributed by atoms with Gasteiger partial charge in [-0.25, -0.2) is 0 Å². The highest BCUT2D eigenvalue weighted by molar-refractivity contribution is 5.77. The second-order valence-electron chi connectivity index (χ2n) is 5.88. The Bertz CT molecular complexity index is 1030. The van der Waals surface area contributed by atoms with Gasteiger partial charge in [0, 0.05) is 23.7 Å². The van der Waals surface area contributed by atoms with Gasteiger partial charge in [-0.05, 0) is 17.7 Å². The lowest BCUT2D eigenvalue weighted by Crippen LogP contribution is -2.16. The maximum absolute atomic E-state index is 12.9. The minimum Gasteiger partial charge on any atom is -0.487 e. The van der Waals surface area contributed by atoms with E-state index in [1.165, 1.54) is 12.4 Å². The van der Waals surface area contributed by atoms with Crippen LogP contribution in [-0.4, -0.2) is 9.97 Å². The molecule has 0 aliphatic carbocycles. The van der Waals surface area contributed by atoms with E-state index < -0.39 is 17.3 Å². The van der Waals surface area contributed by atoms with E-state index in [1.54, 1.807) is 6.07 Å². The fourth-order valence-electron chi connectivity index (χ4n) is 2.45. The molecule has 2 N–H and O–H groups in total. The Balaban J connectivity index is 1.81. The van der Waals surface area contributed by atoms with Gasteiger partial charge in [0.2, 0.25) is 0 Å². The van der Waals surface area contributed by atoms with Crippen LogP contribution < -0.4 is 15.6 Å². The van der Waals surface area contributed by atoms with E-state index in [4.69, 9.17) is 4.74 Å². The van der Waals surface area contributed by atoms with E-state index in [1.807, 2.05) is 30.3 Å². The first-order chi connectivity index (χ1) is 13.3. The Morgan fingerprint density at radius 3 is 2.68 bits per heavy atom. The highest BCUT2D eigenvalue weighted by Crippen LogP contribution is 2.30. The summed E-state index contributed by atoms with van der Waals surface area (Å²) in [7, 11) is 0. The standard InChI is InChI=1S/C20H16F3N3O2/c1-13(26-17-9-15(20(21,22)23)10-25-19(17)27)16-7-8-24-11-18(16)28-12-14-5-3-2-4-6-14/h2-11,26H,1,12H2,(H,25,27). The van der Waals surface area contributed by atoms with Crippen molar-refractivity contribution < 1.29 is 17.9 Å². The zero-order chi connectivity index (χ0) is 20.1. The normalized spacial score (nSPS) is 11.1. The molecule has 2 heterocycles. The van der Waals surface area contributed by atoms with Gasteiger partial charge in [-0.1, -0.05) is 36.9 Å². The molecule has 0 aliphatic heterocycles. The topological polar surface area (TPSA) is 67.0 Å². The SMILES string of the molecule is C=C(Nc1cc(C(F)(F)F)c[nH]c1=O)c1ccncc1OCc1ccccc1. The number of hydrogen-bond acceptors (Lipinski definition) is 4.